The largest absolute Gasteiger partial charge is 0.478 e. The lowest BCUT2D eigenvalue weighted by atomic mass is 9.80. The first-order valence-electron chi connectivity index (χ1n) is 6.68. The first kappa shape index (κ1) is 13.6. The van der Waals surface area contributed by atoms with Crippen LogP contribution < -0.4 is 5.32 Å². The summed E-state index contributed by atoms with van der Waals surface area (Å²) < 4.78 is 4.96. The van der Waals surface area contributed by atoms with Crippen molar-refractivity contribution >= 4 is 11.9 Å². The molecule has 1 fully saturated rings. The molecule has 1 amide bonds. The number of nitrogens with one attached hydrogen (secondary N) is 1. The van der Waals surface area contributed by atoms with Crippen molar-refractivity contribution in [2.75, 3.05) is 6.54 Å². The van der Waals surface area contributed by atoms with Crippen LogP contribution in [0.4, 0.5) is 0 Å². The Bertz CT molecular complexity index is 466. The van der Waals surface area contributed by atoms with Gasteiger partial charge in [0.25, 0.3) is 5.91 Å². The summed E-state index contributed by atoms with van der Waals surface area (Å²) in [6.45, 7) is 2.84. The molecule has 0 aromatic carbocycles. The monoisotopic (exact) mass is 265 g/mol. The van der Waals surface area contributed by atoms with E-state index in [1.54, 1.807) is 0 Å². The molecule has 1 aromatic heterocycles. The number of carbonyl (C=O) groups excluding carboxylic acids is 1. The lowest BCUT2D eigenvalue weighted by Gasteiger charge is -2.28. The third-order valence-corrected chi connectivity index (χ3v) is 3.88. The molecule has 2 atom stereocenters. The lowest BCUT2D eigenvalue weighted by Crippen LogP contribution is -2.33. The normalized spacial score (nSPS) is 23.0. The third kappa shape index (κ3) is 3.36. The van der Waals surface area contributed by atoms with Gasteiger partial charge in [-0.05, 0) is 18.3 Å². The Kier molecular flexibility index (Phi) is 4.24. The van der Waals surface area contributed by atoms with Crippen LogP contribution in [0.15, 0.2) is 16.7 Å². The molecule has 0 aliphatic heterocycles. The number of aromatic carboxylic acids is 1. The van der Waals surface area contributed by atoms with E-state index in [2.05, 4.69) is 12.2 Å². The van der Waals surface area contributed by atoms with Crippen LogP contribution in [0.5, 0.6) is 0 Å². The maximum Gasteiger partial charge on any atom is 0.338 e. The van der Waals surface area contributed by atoms with E-state index in [0.29, 0.717) is 18.4 Å². The molecule has 104 valence electrons. The molecule has 1 heterocycles. The van der Waals surface area contributed by atoms with Crippen LogP contribution >= 0.6 is 0 Å². The Morgan fingerprint density at radius 2 is 2.16 bits per heavy atom. The molecular weight excluding hydrogens is 246 g/mol. The Hall–Kier alpha value is -1.78. The van der Waals surface area contributed by atoms with E-state index in [0.717, 1.165) is 12.7 Å². The van der Waals surface area contributed by atoms with Crippen LogP contribution in [0.1, 0.15) is 53.5 Å². The van der Waals surface area contributed by atoms with Crippen molar-refractivity contribution < 1.29 is 19.1 Å². The predicted octanol–water partition coefficient (Wildman–Crippen LogP) is 2.53. The third-order valence-electron chi connectivity index (χ3n) is 3.88. The first-order valence-corrected chi connectivity index (χ1v) is 6.68. The molecule has 2 N–H and O–H groups in total. The highest BCUT2D eigenvalue weighted by Gasteiger charge is 2.22. The molecular formula is C14H19NO4. The molecule has 0 spiro atoms. The van der Waals surface area contributed by atoms with E-state index in [1.165, 1.54) is 25.3 Å². The zero-order chi connectivity index (χ0) is 13.8. The highest BCUT2D eigenvalue weighted by Crippen LogP contribution is 2.28. The maximum atomic E-state index is 11.8. The van der Waals surface area contributed by atoms with Crippen molar-refractivity contribution in [3.63, 3.8) is 0 Å². The zero-order valence-electron chi connectivity index (χ0n) is 11.0. The number of amides is 1. The van der Waals surface area contributed by atoms with Crippen LogP contribution in [0.25, 0.3) is 0 Å². The fourth-order valence-electron chi connectivity index (χ4n) is 2.57. The van der Waals surface area contributed by atoms with E-state index in [4.69, 9.17) is 9.52 Å². The van der Waals surface area contributed by atoms with Gasteiger partial charge in [0, 0.05) is 12.6 Å². The number of rotatable bonds is 4. The van der Waals surface area contributed by atoms with Gasteiger partial charge in [0.2, 0.25) is 0 Å². The molecule has 0 saturated heterocycles. The SMILES string of the molecule is CC1CCCCC1CNC(=O)c1cc(C(=O)O)co1. The van der Waals surface area contributed by atoms with Gasteiger partial charge in [0.1, 0.15) is 6.26 Å². The Balaban J connectivity index is 1.88. The highest BCUT2D eigenvalue weighted by atomic mass is 16.4. The maximum absolute atomic E-state index is 11.8. The summed E-state index contributed by atoms with van der Waals surface area (Å²) in [5, 5.41) is 11.6. The summed E-state index contributed by atoms with van der Waals surface area (Å²) in [7, 11) is 0. The van der Waals surface area contributed by atoms with Crippen LogP contribution in [0, 0.1) is 11.8 Å². The summed E-state index contributed by atoms with van der Waals surface area (Å²) in [6, 6.07) is 1.25. The topological polar surface area (TPSA) is 79.5 Å². The van der Waals surface area contributed by atoms with Crippen molar-refractivity contribution in [3.8, 4) is 0 Å². The van der Waals surface area contributed by atoms with Crippen molar-refractivity contribution in [1.82, 2.24) is 5.32 Å². The zero-order valence-corrected chi connectivity index (χ0v) is 11.0. The summed E-state index contributed by atoms with van der Waals surface area (Å²) in [5.41, 5.74) is -0.00353. The average molecular weight is 265 g/mol. The highest BCUT2D eigenvalue weighted by molar-refractivity contribution is 5.95. The van der Waals surface area contributed by atoms with Crippen LogP contribution in [-0.2, 0) is 0 Å². The molecule has 1 aliphatic carbocycles. The molecule has 5 heteroatoms. The molecule has 19 heavy (non-hydrogen) atoms. The van der Waals surface area contributed by atoms with E-state index in [9.17, 15) is 9.59 Å². The van der Waals surface area contributed by atoms with Crippen LogP contribution in [0.3, 0.4) is 0 Å². The van der Waals surface area contributed by atoms with Gasteiger partial charge >= 0.3 is 5.97 Å². The van der Waals surface area contributed by atoms with Gasteiger partial charge in [-0.2, -0.15) is 0 Å². The molecule has 5 nitrogen and oxygen atoms in total. The molecule has 2 rings (SSSR count). The quantitative estimate of drug-likeness (QED) is 0.876. The van der Waals surface area contributed by atoms with Crippen LogP contribution in [-0.4, -0.2) is 23.5 Å². The number of furan rings is 1. The number of carboxylic acid groups (broad SMARTS) is 1. The van der Waals surface area contributed by atoms with Gasteiger partial charge in [-0.25, -0.2) is 4.79 Å². The fourth-order valence-corrected chi connectivity index (χ4v) is 2.57. The Morgan fingerprint density at radius 1 is 1.42 bits per heavy atom. The smallest absolute Gasteiger partial charge is 0.338 e. The van der Waals surface area contributed by atoms with Crippen molar-refractivity contribution in [3.05, 3.63) is 23.7 Å². The number of carboxylic acids is 1. The van der Waals surface area contributed by atoms with Crippen molar-refractivity contribution in [2.45, 2.75) is 32.6 Å². The summed E-state index contributed by atoms with van der Waals surface area (Å²) in [6.07, 6.45) is 5.92. The molecule has 1 saturated carbocycles. The van der Waals surface area contributed by atoms with Gasteiger partial charge in [0.15, 0.2) is 5.76 Å². The molecule has 0 bridgehead atoms. The summed E-state index contributed by atoms with van der Waals surface area (Å²) in [5.74, 6) is -0.248. The van der Waals surface area contributed by atoms with Crippen molar-refractivity contribution in [2.24, 2.45) is 11.8 Å². The Morgan fingerprint density at radius 3 is 2.79 bits per heavy atom. The minimum Gasteiger partial charge on any atom is -0.478 e. The fraction of sp³-hybridized carbons (Fsp3) is 0.571. The van der Waals surface area contributed by atoms with Gasteiger partial charge in [0.05, 0.1) is 5.56 Å². The molecule has 0 radical (unpaired) electrons. The van der Waals surface area contributed by atoms with Gasteiger partial charge < -0.3 is 14.8 Å². The standard InChI is InChI=1S/C14H19NO4/c1-9-4-2-3-5-10(9)7-15-13(16)12-6-11(8-19-12)14(17)18/h6,8-10H,2-5,7H2,1H3,(H,15,16)(H,17,18). The lowest BCUT2D eigenvalue weighted by molar-refractivity contribution is 0.0695. The molecule has 2 unspecified atom stereocenters. The van der Waals surface area contributed by atoms with Crippen molar-refractivity contribution in [1.29, 1.82) is 0 Å². The van der Waals surface area contributed by atoms with E-state index in [1.807, 2.05) is 0 Å². The molecule has 1 aromatic rings. The number of carbonyl (C=O) groups is 2. The number of hydrogen-bond donors (Lipinski definition) is 2. The second-order valence-electron chi connectivity index (χ2n) is 5.24. The van der Waals surface area contributed by atoms with E-state index < -0.39 is 5.97 Å². The Labute approximate surface area is 112 Å². The second kappa shape index (κ2) is 5.91. The van der Waals surface area contributed by atoms with Gasteiger partial charge in [-0.15, -0.1) is 0 Å². The average Bonchev–Trinajstić information content (AvgIpc) is 2.87. The van der Waals surface area contributed by atoms with Crippen LogP contribution in [0.2, 0.25) is 0 Å². The molecule has 1 aliphatic rings. The predicted molar refractivity (Wildman–Crippen MR) is 69.1 cm³/mol. The summed E-state index contributed by atoms with van der Waals surface area (Å²) in [4.78, 5) is 22.5. The minimum absolute atomic E-state index is 0.00353. The van der Waals surface area contributed by atoms with Gasteiger partial charge in [-0.3, -0.25) is 4.79 Å². The summed E-state index contributed by atoms with van der Waals surface area (Å²) >= 11 is 0. The number of hydrogen-bond acceptors (Lipinski definition) is 3. The second-order valence-corrected chi connectivity index (χ2v) is 5.24. The van der Waals surface area contributed by atoms with E-state index in [-0.39, 0.29) is 17.2 Å². The first-order chi connectivity index (χ1) is 9.08. The van der Waals surface area contributed by atoms with E-state index >= 15 is 0 Å². The minimum atomic E-state index is -1.09. The van der Waals surface area contributed by atoms with Gasteiger partial charge in [-0.1, -0.05) is 26.2 Å².